The summed E-state index contributed by atoms with van der Waals surface area (Å²) < 4.78 is 19.6. The Morgan fingerprint density at radius 3 is 2.77 bits per heavy atom. The second-order valence-corrected chi connectivity index (χ2v) is 5.29. The highest BCUT2D eigenvalue weighted by Crippen LogP contribution is 2.37. The van der Waals surface area contributed by atoms with Crippen molar-refractivity contribution in [1.82, 2.24) is 4.98 Å². The number of rotatable bonds is 2. The van der Waals surface area contributed by atoms with E-state index < -0.39 is 0 Å². The van der Waals surface area contributed by atoms with Gasteiger partial charge in [-0.15, -0.1) is 0 Å². The van der Waals surface area contributed by atoms with E-state index in [4.69, 9.17) is 4.42 Å². The van der Waals surface area contributed by atoms with Gasteiger partial charge in [-0.3, -0.25) is 4.98 Å². The summed E-state index contributed by atoms with van der Waals surface area (Å²) in [6, 6.07) is 14.8. The maximum atomic E-state index is 13.5. The van der Waals surface area contributed by atoms with Crippen molar-refractivity contribution in [2.24, 2.45) is 0 Å². The van der Waals surface area contributed by atoms with Crippen LogP contribution in [0.2, 0.25) is 0 Å². The van der Waals surface area contributed by atoms with Crippen LogP contribution < -0.4 is 0 Å². The first-order valence-electron chi connectivity index (χ1n) is 7.33. The second-order valence-electron chi connectivity index (χ2n) is 5.29. The predicted octanol–water partition coefficient (Wildman–Crippen LogP) is 5.35. The van der Waals surface area contributed by atoms with Crippen LogP contribution in [0.25, 0.3) is 33.2 Å². The summed E-state index contributed by atoms with van der Waals surface area (Å²) >= 11 is 0. The van der Waals surface area contributed by atoms with Crippen molar-refractivity contribution in [3.8, 4) is 11.3 Å². The zero-order chi connectivity index (χ0) is 15.1. The van der Waals surface area contributed by atoms with Crippen LogP contribution in [0.15, 0.2) is 59.1 Å². The van der Waals surface area contributed by atoms with Gasteiger partial charge in [0.15, 0.2) is 0 Å². The molecule has 0 saturated heterocycles. The highest BCUT2D eigenvalue weighted by molar-refractivity contribution is 6.11. The molecule has 0 bridgehead atoms. The van der Waals surface area contributed by atoms with Crippen LogP contribution in [-0.2, 0) is 6.42 Å². The molecule has 0 aliphatic rings. The number of pyridine rings is 1. The largest absolute Gasteiger partial charge is 0.455 e. The molecule has 0 saturated carbocycles. The molecule has 4 aromatic rings. The summed E-state index contributed by atoms with van der Waals surface area (Å²) in [5.41, 5.74) is 4.25. The van der Waals surface area contributed by atoms with Crippen LogP contribution >= 0.6 is 0 Å². The first-order chi connectivity index (χ1) is 10.8. The third-order valence-electron chi connectivity index (χ3n) is 3.99. The van der Waals surface area contributed by atoms with Crippen LogP contribution in [0.1, 0.15) is 12.5 Å². The van der Waals surface area contributed by atoms with Gasteiger partial charge in [-0.25, -0.2) is 4.39 Å². The Kier molecular flexibility index (Phi) is 2.93. The number of fused-ring (bicyclic) bond motifs is 3. The van der Waals surface area contributed by atoms with Crippen molar-refractivity contribution in [1.29, 1.82) is 0 Å². The van der Waals surface area contributed by atoms with Crippen molar-refractivity contribution >= 4 is 21.9 Å². The van der Waals surface area contributed by atoms with E-state index in [9.17, 15) is 4.39 Å². The summed E-state index contributed by atoms with van der Waals surface area (Å²) in [5.74, 6) is -0.297. The van der Waals surface area contributed by atoms with Crippen molar-refractivity contribution in [3.05, 3.63) is 66.1 Å². The number of furan rings is 1. The molecule has 4 rings (SSSR count). The van der Waals surface area contributed by atoms with E-state index in [1.807, 2.05) is 24.3 Å². The number of benzene rings is 2. The number of halogens is 1. The zero-order valence-electron chi connectivity index (χ0n) is 12.1. The highest BCUT2D eigenvalue weighted by Gasteiger charge is 2.15. The molecule has 0 unspecified atom stereocenters. The van der Waals surface area contributed by atoms with Crippen LogP contribution in [-0.4, -0.2) is 4.98 Å². The van der Waals surface area contributed by atoms with E-state index >= 15 is 0 Å². The van der Waals surface area contributed by atoms with Gasteiger partial charge in [0.1, 0.15) is 17.0 Å². The summed E-state index contributed by atoms with van der Waals surface area (Å²) in [6.45, 7) is 2.12. The molecule has 0 fully saturated rings. The topological polar surface area (TPSA) is 26.0 Å². The van der Waals surface area contributed by atoms with Crippen molar-refractivity contribution in [2.75, 3.05) is 0 Å². The Bertz CT molecular complexity index is 987. The Morgan fingerprint density at radius 1 is 1.09 bits per heavy atom. The SMILES string of the molecule is CCc1ccc(-c2cc(F)ccn2)c2oc3ccccc3c12. The quantitative estimate of drug-likeness (QED) is 0.497. The number of nitrogens with zero attached hydrogens (tertiary/aromatic N) is 1. The Balaban J connectivity index is 2.13. The van der Waals surface area contributed by atoms with Crippen LogP contribution in [0.4, 0.5) is 4.39 Å². The molecule has 0 radical (unpaired) electrons. The molecule has 0 amide bonds. The fourth-order valence-corrected chi connectivity index (χ4v) is 2.95. The normalized spacial score (nSPS) is 11.4. The molecule has 0 N–H and O–H groups in total. The van der Waals surface area contributed by atoms with Gasteiger partial charge < -0.3 is 4.42 Å². The van der Waals surface area contributed by atoms with Gasteiger partial charge in [0, 0.05) is 28.6 Å². The van der Waals surface area contributed by atoms with Gasteiger partial charge in [0.2, 0.25) is 0 Å². The molecule has 2 aromatic carbocycles. The molecule has 0 aliphatic heterocycles. The number of hydrogen-bond acceptors (Lipinski definition) is 2. The summed E-state index contributed by atoms with van der Waals surface area (Å²) in [5, 5.41) is 2.19. The monoisotopic (exact) mass is 291 g/mol. The lowest BCUT2D eigenvalue weighted by Gasteiger charge is -2.05. The predicted molar refractivity (Wildman–Crippen MR) is 86.3 cm³/mol. The van der Waals surface area contributed by atoms with E-state index in [-0.39, 0.29) is 5.82 Å². The van der Waals surface area contributed by atoms with Crippen molar-refractivity contribution in [3.63, 3.8) is 0 Å². The average Bonchev–Trinajstić information content (AvgIpc) is 2.93. The Morgan fingerprint density at radius 2 is 1.95 bits per heavy atom. The van der Waals surface area contributed by atoms with Crippen molar-refractivity contribution < 1.29 is 8.81 Å². The first kappa shape index (κ1) is 13.0. The van der Waals surface area contributed by atoms with Gasteiger partial charge >= 0.3 is 0 Å². The Labute approximate surface area is 127 Å². The fourth-order valence-electron chi connectivity index (χ4n) is 2.95. The smallest absolute Gasteiger partial charge is 0.145 e. The molecular formula is C19H14FNO. The summed E-state index contributed by atoms with van der Waals surface area (Å²) in [6.07, 6.45) is 2.39. The van der Waals surface area contributed by atoms with Crippen LogP contribution in [0.5, 0.6) is 0 Å². The molecule has 2 nitrogen and oxygen atoms in total. The highest BCUT2D eigenvalue weighted by atomic mass is 19.1. The molecule has 22 heavy (non-hydrogen) atoms. The molecule has 108 valence electrons. The standard InChI is InChI=1S/C19H14FNO/c1-2-12-7-8-14(16-11-13(20)9-10-21-16)19-18(12)15-5-3-4-6-17(15)22-19/h3-11H,2H2,1H3. The van der Waals surface area contributed by atoms with Gasteiger partial charge in [-0.1, -0.05) is 31.2 Å². The van der Waals surface area contributed by atoms with Gasteiger partial charge in [-0.2, -0.15) is 0 Å². The number of aryl methyl sites for hydroxylation is 1. The first-order valence-corrected chi connectivity index (χ1v) is 7.33. The molecule has 2 aromatic heterocycles. The van der Waals surface area contributed by atoms with E-state index in [1.54, 1.807) is 0 Å². The molecular weight excluding hydrogens is 277 g/mol. The fraction of sp³-hybridized carbons (Fsp3) is 0.105. The molecule has 0 spiro atoms. The lowest BCUT2D eigenvalue weighted by molar-refractivity contribution is 0.626. The molecule has 0 atom stereocenters. The molecule has 0 aliphatic carbocycles. The van der Waals surface area contributed by atoms with Crippen molar-refractivity contribution in [2.45, 2.75) is 13.3 Å². The molecule has 2 heterocycles. The minimum absolute atomic E-state index is 0.297. The third-order valence-corrected chi connectivity index (χ3v) is 3.99. The zero-order valence-corrected chi connectivity index (χ0v) is 12.1. The summed E-state index contributed by atoms with van der Waals surface area (Å²) in [7, 11) is 0. The van der Waals surface area contributed by atoms with E-state index in [2.05, 4.69) is 24.0 Å². The average molecular weight is 291 g/mol. The van der Waals surface area contributed by atoms with Gasteiger partial charge in [0.05, 0.1) is 5.69 Å². The van der Waals surface area contributed by atoms with E-state index in [1.165, 1.54) is 23.9 Å². The van der Waals surface area contributed by atoms with Crippen LogP contribution in [0, 0.1) is 5.82 Å². The third kappa shape index (κ3) is 1.90. The van der Waals surface area contributed by atoms with Gasteiger partial charge in [-0.05, 0) is 30.2 Å². The lowest BCUT2D eigenvalue weighted by atomic mass is 9.99. The maximum Gasteiger partial charge on any atom is 0.145 e. The van der Waals surface area contributed by atoms with E-state index in [0.29, 0.717) is 5.69 Å². The lowest BCUT2D eigenvalue weighted by Crippen LogP contribution is -1.88. The maximum absolute atomic E-state index is 13.5. The van der Waals surface area contributed by atoms with Crippen LogP contribution in [0.3, 0.4) is 0 Å². The van der Waals surface area contributed by atoms with E-state index in [0.717, 1.165) is 33.9 Å². The number of aromatic nitrogens is 1. The molecule has 3 heteroatoms. The minimum atomic E-state index is -0.297. The number of hydrogen-bond donors (Lipinski definition) is 0. The number of para-hydroxylation sites is 1. The minimum Gasteiger partial charge on any atom is -0.455 e. The van der Waals surface area contributed by atoms with Gasteiger partial charge in [0.25, 0.3) is 0 Å². The summed E-state index contributed by atoms with van der Waals surface area (Å²) in [4.78, 5) is 4.29. The Hall–Kier alpha value is -2.68. The second kappa shape index (κ2) is 4.95.